The average molecular weight is 364 g/mol. The number of hydrogen-bond acceptors (Lipinski definition) is 5. The van der Waals surface area contributed by atoms with Gasteiger partial charge in [-0.15, -0.1) is 5.10 Å². The largest absolute Gasteiger partial charge is 0.298 e. The van der Waals surface area contributed by atoms with Crippen LogP contribution in [0.1, 0.15) is 37.1 Å². The summed E-state index contributed by atoms with van der Waals surface area (Å²) in [5.74, 6) is 0.326. The van der Waals surface area contributed by atoms with Crippen LogP contribution in [0.2, 0.25) is 0 Å². The predicted molar refractivity (Wildman–Crippen MR) is 105 cm³/mol. The molecule has 2 aromatic carbocycles. The Kier molecular flexibility index (Phi) is 4.28. The Hall–Kier alpha value is -2.60. The molecule has 2 heterocycles. The number of benzene rings is 2. The first-order valence-electron chi connectivity index (χ1n) is 8.58. The average Bonchev–Trinajstić information content (AvgIpc) is 2.67. The Balaban J connectivity index is 1.90. The number of para-hydroxylation sites is 1. The van der Waals surface area contributed by atoms with Crippen molar-refractivity contribution in [2.45, 2.75) is 25.9 Å². The van der Waals surface area contributed by atoms with Crippen LogP contribution in [0.15, 0.2) is 58.6 Å². The smallest absolute Gasteiger partial charge is 0.276 e. The number of hydrogen-bond donors (Lipinski definition) is 1. The minimum Gasteiger partial charge on any atom is -0.298 e. The van der Waals surface area contributed by atoms with Gasteiger partial charge in [0.25, 0.3) is 5.91 Å². The molecule has 0 spiro atoms. The van der Waals surface area contributed by atoms with Gasteiger partial charge in [-0.1, -0.05) is 68.1 Å². The monoisotopic (exact) mass is 364 g/mol. The van der Waals surface area contributed by atoms with Crippen LogP contribution < -0.4 is 15.9 Å². The minimum absolute atomic E-state index is 0.143. The topological polar surface area (TPSA) is 57.1 Å². The molecule has 5 nitrogen and oxygen atoms in total. The van der Waals surface area contributed by atoms with Gasteiger partial charge in [0.05, 0.1) is 5.36 Å². The highest BCUT2D eigenvalue weighted by atomic mass is 32.2. The van der Waals surface area contributed by atoms with Gasteiger partial charge in [0, 0.05) is 5.22 Å². The van der Waals surface area contributed by atoms with E-state index in [1.807, 2.05) is 30.5 Å². The molecule has 0 aliphatic carbocycles. The number of nitrogens with zero attached hydrogens (tertiary/aromatic N) is 3. The molecule has 0 saturated heterocycles. The highest BCUT2D eigenvalue weighted by Gasteiger charge is 2.34. The van der Waals surface area contributed by atoms with Crippen molar-refractivity contribution >= 4 is 28.5 Å². The lowest BCUT2D eigenvalue weighted by Crippen LogP contribution is -2.50. The molecule has 132 valence electrons. The standard InChI is InChI=1S/C20H20N4OS/c1-12(2)13-8-10-14(11-9-13)18-21-16-7-5-4-6-15(16)17-19(25)22-20(26-3)23-24(17)18/h4-12,18H,1-3H3,(H,22,23,25)/t18-/m1/s1. The summed E-state index contributed by atoms with van der Waals surface area (Å²) in [5.41, 5.74) is 2.84. The fraction of sp³-hybridized carbons (Fsp3) is 0.250. The molecule has 0 saturated carbocycles. The summed E-state index contributed by atoms with van der Waals surface area (Å²) in [6.45, 7) is 4.35. The van der Waals surface area contributed by atoms with E-state index in [4.69, 9.17) is 4.99 Å². The SMILES string of the molecule is CSC1=NN2C(=c3ccccc3=N[C@H]2c2ccc(C(C)C)cc2)C(=O)N1. The Bertz CT molecular complexity index is 1010. The first kappa shape index (κ1) is 16.8. The highest BCUT2D eigenvalue weighted by Crippen LogP contribution is 2.31. The minimum atomic E-state index is -0.352. The van der Waals surface area contributed by atoms with Crippen LogP contribution in [-0.4, -0.2) is 22.3 Å². The second-order valence-electron chi connectivity index (χ2n) is 6.60. The van der Waals surface area contributed by atoms with E-state index in [9.17, 15) is 4.79 Å². The van der Waals surface area contributed by atoms with E-state index in [2.05, 4.69) is 48.5 Å². The third-order valence-corrected chi connectivity index (χ3v) is 5.18. The molecule has 26 heavy (non-hydrogen) atoms. The van der Waals surface area contributed by atoms with E-state index in [0.717, 1.165) is 16.1 Å². The summed E-state index contributed by atoms with van der Waals surface area (Å²) in [6, 6.07) is 16.1. The molecule has 2 aliphatic rings. The van der Waals surface area contributed by atoms with Crippen LogP contribution >= 0.6 is 11.8 Å². The molecule has 6 heteroatoms. The molecule has 1 amide bonds. The van der Waals surface area contributed by atoms with E-state index in [1.165, 1.54) is 17.3 Å². The van der Waals surface area contributed by atoms with Crippen molar-refractivity contribution < 1.29 is 4.79 Å². The molecule has 4 rings (SSSR count). The van der Waals surface area contributed by atoms with Crippen molar-refractivity contribution in [1.82, 2.24) is 10.3 Å². The summed E-state index contributed by atoms with van der Waals surface area (Å²) in [4.78, 5) is 17.6. The zero-order valence-corrected chi connectivity index (χ0v) is 15.7. The van der Waals surface area contributed by atoms with Crippen molar-refractivity contribution in [1.29, 1.82) is 0 Å². The Labute approximate surface area is 156 Å². The molecule has 2 aliphatic heterocycles. The normalized spacial score (nSPS) is 18.7. The van der Waals surface area contributed by atoms with Crippen molar-refractivity contribution in [2.24, 2.45) is 10.1 Å². The van der Waals surface area contributed by atoms with Crippen molar-refractivity contribution in [3.63, 3.8) is 0 Å². The highest BCUT2D eigenvalue weighted by molar-refractivity contribution is 8.13. The number of thioether (sulfide) groups is 1. The molecule has 1 atom stereocenters. The van der Waals surface area contributed by atoms with Crippen LogP contribution in [0, 0.1) is 0 Å². The third-order valence-electron chi connectivity index (χ3n) is 4.61. The van der Waals surface area contributed by atoms with Crippen LogP contribution in [0.3, 0.4) is 0 Å². The maximum Gasteiger partial charge on any atom is 0.276 e. The zero-order valence-electron chi connectivity index (χ0n) is 14.9. The number of carbonyl (C=O) groups excluding carboxylic acids is 1. The number of amides is 1. The van der Waals surface area contributed by atoms with Crippen molar-refractivity contribution in [2.75, 3.05) is 6.26 Å². The van der Waals surface area contributed by atoms with Gasteiger partial charge in [0.1, 0.15) is 5.70 Å². The van der Waals surface area contributed by atoms with Gasteiger partial charge in [-0.2, -0.15) is 0 Å². The molecule has 0 aromatic heterocycles. The summed E-state index contributed by atoms with van der Waals surface area (Å²) < 4.78 is 0. The zero-order chi connectivity index (χ0) is 18.3. The Morgan fingerprint density at radius 3 is 2.54 bits per heavy atom. The lowest BCUT2D eigenvalue weighted by Gasteiger charge is -2.34. The molecule has 0 radical (unpaired) electrons. The van der Waals surface area contributed by atoms with E-state index in [0.29, 0.717) is 16.8 Å². The van der Waals surface area contributed by atoms with Gasteiger partial charge in [0.15, 0.2) is 11.3 Å². The van der Waals surface area contributed by atoms with Crippen LogP contribution in [-0.2, 0) is 4.79 Å². The number of nitrogens with one attached hydrogen (secondary N) is 1. The van der Waals surface area contributed by atoms with Gasteiger partial charge in [0.2, 0.25) is 0 Å². The lowest BCUT2D eigenvalue weighted by atomic mass is 10.0. The quantitative estimate of drug-likeness (QED) is 0.890. The molecular weight excluding hydrogens is 344 g/mol. The molecule has 0 fully saturated rings. The van der Waals surface area contributed by atoms with Crippen LogP contribution in [0.25, 0.3) is 5.70 Å². The second kappa shape index (κ2) is 6.61. The fourth-order valence-corrected chi connectivity index (χ4v) is 3.55. The first-order valence-corrected chi connectivity index (χ1v) is 9.81. The van der Waals surface area contributed by atoms with Crippen LogP contribution in [0.5, 0.6) is 0 Å². The third kappa shape index (κ3) is 2.80. The molecule has 0 unspecified atom stereocenters. The van der Waals surface area contributed by atoms with Crippen LogP contribution in [0.4, 0.5) is 0 Å². The van der Waals surface area contributed by atoms with Gasteiger partial charge >= 0.3 is 0 Å². The summed E-state index contributed by atoms with van der Waals surface area (Å²) in [5, 5.41) is 11.4. The van der Waals surface area contributed by atoms with Crippen molar-refractivity contribution in [3.05, 3.63) is 70.2 Å². The van der Waals surface area contributed by atoms with Gasteiger partial charge in [-0.3, -0.25) is 15.1 Å². The molecular formula is C20H20N4OS. The van der Waals surface area contributed by atoms with E-state index in [1.54, 1.807) is 5.01 Å². The molecule has 2 aromatic rings. The Morgan fingerprint density at radius 1 is 1.12 bits per heavy atom. The fourth-order valence-electron chi connectivity index (χ4n) is 3.19. The maximum absolute atomic E-state index is 12.8. The molecule has 0 bridgehead atoms. The number of hydrazone groups is 1. The number of carbonyl (C=O) groups is 1. The van der Waals surface area contributed by atoms with Gasteiger partial charge in [-0.05, 0) is 29.4 Å². The second-order valence-corrected chi connectivity index (χ2v) is 7.39. The van der Waals surface area contributed by atoms with E-state index >= 15 is 0 Å². The van der Waals surface area contributed by atoms with Gasteiger partial charge in [-0.25, -0.2) is 5.01 Å². The lowest BCUT2D eigenvalue weighted by molar-refractivity contribution is -0.116. The van der Waals surface area contributed by atoms with Gasteiger partial charge < -0.3 is 0 Å². The summed E-state index contributed by atoms with van der Waals surface area (Å²) in [6.07, 6.45) is 1.54. The van der Waals surface area contributed by atoms with E-state index < -0.39 is 0 Å². The number of amidine groups is 1. The number of fused-ring (bicyclic) bond motifs is 2. The first-order chi connectivity index (χ1) is 12.6. The number of rotatable bonds is 2. The summed E-state index contributed by atoms with van der Waals surface area (Å²) >= 11 is 1.41. The molecule has 1 N–H and O–H groups in total. The van der Waals surface area contributed by atoms with E-state index in [-0.39, 0.29) is 12.1 Å². The van der Waals surface area contributed by atoms with Crippen molar-refractivity contribution in [3.8, 4) is 0 Å². The maximum atomic E-state index is 12.8. The predicted octanol–water partition coefficient (Wildman–Crippen LogP) is 2.32. The Morgan fingerprint density at radius 2 is 1.85 bits per heavy atom. The summed E-state index contributed by atoms with van der Waals surface area (Å²) in [7, 11) is 0.